The Bertz CT molecular complexity index is 1260. The Balaban J connectivity index is 1.41. The summed E-state index contributed by atoms with van der Waals surface area (Å²) in [5.74, 6) is 1.46. The number of fused-ring (bicyclic) bond motifs is 3. The third kappa shape index (κ3) is 4.46. The maximum Gasteiger partial charge on any atom is 0.407 e. The number of methoxy groups -OCH3 is 2. The van der Waals surface area contributed by atoms with Crippen molar-refractivity contribution < 1.29 is 33.3 Å². The van der Waals surface area contributed by atoms with Gasteiger partial charge in [-0.25, -0.2) is 4.79 Å². The third-order valence-corrected chi connectivity index (χ3v) is 6.70. The molecule has 2 aromatic heterocycles. The molecule has 0 aliphatic carbocycles. The molecule has 0 spiro atoms. The number of nitrogens with zero attached hydrogens (tertiary/aromatic N) is 3. The number of hydrogen-bond donors (Lipinski definition) is 3. The fourth-order valence-electron chi connectivity index (χ4n) is 4.82. The number of aromatic nitrogens is 3. The highest BCUT2D eigenvalue weighted by Gasteiger charge is 2.45. The van der Waals surface area contributed by atoms with Crippen molar-refractivity contribution in [2.45, 2.75) is 37.5 Å². The SMILES string of the molecule is COc1ccc(Cn2o[nH]oc3c(OCC4NC[C@@H]5CC[C@H]4N5C(=O)O)nc(Cl)cc32)c(OC)c1. The fraction of sp³-hybridized carbons (Fsp3) is 0.455. The molecular weight excluding hydrogens is 482 g/mol. The lowest BCUT2D eigenvalue weighted by Crippen LogP contribution is -2.61. The van der Waals surface area contributed by atoms with Crippen LogP contribution in [0.1, 0.15) is 18.4 Å². The number of piperazine rings is 1. The Hall–Kier alpha value is -3.51. The van der Waals surface area contributed by atoms with E-state index in [9.17, 15) is 9.90 Å². The quantitative estimate of drug-likeness (QED) is 0.411. The van der Waals surface area contributed by atoms with Gasteiger partial charge in [0, 0.05) is 30.3 Å². The van der Waals surface area contributed by atoms with Crippen LogP contribution in [0.25, 0.3) is 11.1 Å². The topological polar surface area (TPSA) is 140 Å². The van der Waals surface area contributed by atoms with E-state index in [0.29, 0.717) is 29.1 Å². The summed E-state index contributed by atoms with van der Waals surface area (Å²) in [4.78, 5) is 17.5. The largest absolute Gasteiger partial charge is 0.497 e. The van der Waals surface area contributed by atoms with Crippen LogP contribution >= 0.6 is 11.6 Å². The molecular formula is C22H26ClN5O7. The van der Waals surface area contributed by atoms with Crippen LogP contribution in [0.5, 0.6) is 17.4 Å². The number of rotatable bonds is 7. The van der Waals surface area contributed by atoms with Gasteiger partial charge in [0.25, 0.3) is 5.88 Å². The number of hydrogen-bond acceptors (Lipinski definition) is 8. The predicted molar refractivity (Wildman–Crippen MR) is 124 cm³/mol. The molecule has 12 nitrogen and oxygen atoms in total. The van der Waals surface area contributed by atoms with Gasteiger partial charge in [-0.3, -0.25) is 9.53 Å². The standard InChI is InChI=1S/C22H26ClN5O7/c1-31-14-5-3-12(18(7-14)32-2)10-27-17-8-19(23)25-21(20(17)34-26-35-27)33-11-15-16-6-4-13(9-24-15)28(16)22(29)30/h3,5,7-8,13,15-16,24,26H,4,6,9-11H2,1-2H3,(H,29,30)/t13-,15?,16+/m0/s1. The first kappa shape index (κ1) is 23.2. The van der Waals surface area contributed by atoms with Crippen molar-refractivity contribution in [3.63, 3.8) is 0 Å². The molecule has 0 saturated carbocycles. The molecule has 1 aromatic carbocycles. The Labute approximate surface area is 204 Å². The van der Waals surface area contributed by atoms with Gasteiger partial charge in [0.1, 0.15) is 28.8 Å². The van der Waals surface area contributed by atoms with E-state index in [1.165, 1.54) is 9.64 Å². The number of aromatic amines is 1. The van der Waals surface area contributed by atoms with Gasteiger partial charge in [0.2, 0.25) is 5.58 Å². The zero-order valence-corrected chi connectivity index (χ0v) is 19.9. The van der Waals surface area contributed by atoms with Gasteiger partial charge in [-0.2, -0.15) is 9.72 Å². The number of ether oxygens (including phenoxy) is 3. The van der Waals surface area contributed by atoms with E-state index in [0.717, 1.165) is 18.4 Å². The second-order valence-electron chi connectivity index (χ2n) is 8.40. The molecule has 4 heterocycles. The highest BCUT2D eigenvalue weighted by Crippen LogP contribution is 2.32. The van der Waals surface area contributed by atoms with Crippen molar-refractivity contribution in [1.82, 2.24) is 25.3 Å². The van der Waals surface area contributed by atoms with Crippen LogP contribution in [-0.2, 0) is 6.54 Å². The zero-order chi connectivity index (χ0) is 24.5. The van der Waals surface area contributed by atoms with Crippen LogP contribution in [0.3, 0.4) is 0 Å². The minimum absolute atomic E-state index is 0.000935. The lowest BCUT2D eigenvalue weighted by molar-refractivity contribution is 0.0743. The van der Waals surface area contributed by atoms with Crippen molar-refractivity contribution in [2.24, 2.45) is 0 Å². The van der Waals surface area contributed by atoms with E-state index in [2.05, 4.69) is 15.6 Å². The number of amides is 1. The molecule has 0 radical (unpaired) electrons. The van der Waals surface area contributed by atoms with Crippen molar-refractivity contribution in [2.75, 3.05) is 27.4 Å². The zero-order valence-electron chi connectivity index (χ0n) is 19.2. The molecule has 1 amide bonds. The highest BCUT2D eigenvalue weighted by molar-refractivity contribution is 6.30. The molecule has 3 N–H and O–H groups in total. The van der Waals surface area contributed by atoms with Crippen LogP contribution < -0.4 is 19.5 Å². The maximum absolute atomic E-state index is 11.7. The molecule has 3 atom stereocenters. The molecule has 3 aromatic rings. The number of nitrogens with one attached hydrogen (secondary N) is 2. The monoisotopic (exact) mass is 507 g/mol. The lowest BCUT2D eigenvalue weighted by Gasteiger charge is -2.38. The summed E-state index contributed by atoms with van der Waals surface area (Å²) in [5.41, 5.74) is 1.62. The van der Waals surface area contributed by atoms with Crippen molar-refractivity contribution >= 4 is 28.8 Å². The van der Waals surface area contributed by atoms with E-state index in [1.54, 1.807) is 26.4 Å². The van der Waals surface area contributed by atoms with Gasteiger partial charge in [0.05, 0.1) is 32.8 Å². The average Bonchev–Trinajstić information content (AvgIpc) is 3.18. The van der Waals surface area contributed by atoms with Gasteiger partial charge < -0.3 is 29.2 Å². The normalized spacial score (nSPS) is 21.2. The van der Waals surface area contributed by atoms with E-state index >= 15 is 0 Å². The molecule has 2 fully saturated rings. The minimum Gasteiger partial charge on any atom is -0.497 e. The molecule has 13 heteroatoms. The Kier molecular flexibility index (Phi) is 6.39. The average molecular weight is 508 g/mol. The summed E-state index contributed by atoms with van der Waals surface area (Å²) in [6.45, 7) is 1.07. The second kappa shape index (κ2) is 9.62. The van der Waals surface area contributed by atoms with Crippen molar-refractivity contribution in [3.8, 4) is 17.4 Å². The van der Waals surface area contributed by atoms with Crippen molar-refractivity contribution in [3.05, 3.63) is 35.0 Å². The van der Waals surface area contributed by atoms with E-state index in [4.69, 9.17) is 35.0 Å². The van der Waals surface area contributed by atoms with Crippen LogP contribution in [0, 0.1) is 0 Å². The van der Waals surface area contributed by atoms with Crippen molar-refractivity contribution in [1.29, 1.82) is 0 Å². The Morgan fingerprint density at radius 3 is 2.91 bits per heavy atom. The summed E-state index contributed by atoms with van der Waals surface area (Å²) in [7, 11) is 3.16. The van der Waals surface area contributed by atoms with E-state index < -0.39 is 6.09 Å². The van der Waals surface area contributed by atoms with Crippen LogP contribution in [-0.4, -0.2) is 76.6 Å². The first-order chi connectivity index (χ1) is 17.0. The molecule has 5 rings (SSSR count). The van der Waals surface area contributed by atoms with Gasteiger partial charge in [0.15, 0.2) is 0 Å². The Morgan fingerprint density at radius 1 is 1.29 bits per heavy atom. The molecule has 2 aliphatic heterocycles. The van der Waals surface area contributed by atoms with E-state index in [1.807, 2.05) is 12.1 Å². The van der Waals surface area contributed by atoms with Gasteiger partial charge in [-0.05, 0) is 25.0 Å². The summed E-state index contributed by atoms with van der Waals surface area (Å²) >= 11 is 6.31. The van der Waals surface area contributed by atoms with Gasteiger partial charge >= 0.3 is 6.09 Å². The number of halogens is 1. The number of benzene rings is 1. The van der Waals surface area contributed by atoms with Gasteiger partial charge in [-0.15, -0.1) is 0 Å². The van der Waals surface area contributed by atoms with Crippen LogP contribution in [0.15, 0.2) is 33.4 Å². The minimum atomic E-state index is -0.906. The molecule has 2 bridgehead atoms. The maximum atomic E-state index is 11.7. The summed E-state index contributed by atoms with van der Waals surface area (Å²) < 4.78 is 29.3. The lowest BCUT2D eigenvalue weighted by atomic mass is 10.1. The number of carbonyl (C=O) groups is 1. The van der Waals surface area contributed by atoms with Gasteiger partial charge in [-0.1, -0.05) is 16.9 Å². The first-order valence-electron chi connectivity index (χ1n) is 11.1. The van der Waals surface area contributed by atoms with E-state index in [-0.39, 0.29) is 42.3 Å². The molecule has 2 saturated heterocycles. The molecule has 2 aliphatic rings. The first-order valence-corrected chi connectivity index (χ1v) is 11.5. The molecule has 188 valence electrons. The molecule has 1 unspecified atom stereocenters. The Morgan fingerprint density at radius 2 is 2.14 bits per heavy atom. The smallest absolute Gasteiger partial charge is 0.407 e. The number of H-pyrrole nitrogens is 1. The highest BCUT2D eigenvalue weighted by atomic mass is 35.5. The summed E-state index contributed by atoms with van der Waals surface area (Å²) in [6, 6.07) is 6.73. The summed E-state index contributed by atoms with van der Waals surface area (Å²) in [6.07, 6.45) is 0.707. The third-order valence-electron chi connectivity index (χ3n) is 6.51. The van der Waals surface area contributed by atoms with Crippen LogP contribution in [0.4, 0.5) is 4.79 Å². The molecule has 35 heavy (non-hydrogen) atoms. The number of pyridine rings is 1. The fourth-order valence-corrected chi connectivity index (χ4v) is 5.00. The predicted octanol–water partition coefficient (Wildman–Crippen LogP) is 3.26. The summed E-state index contributed by atoms with van der Waals surface area (Å²) in [5, 5.41) is 15.6. The van der Waals surface area contributed by atoms with Crippen LogP contribution in [0.2, 0.25) is 5.15 Å². The number of carboxylic acid groups (broad SMARTS) is 1. The second-order valence-corrected chi connectivity index (χ2v) is 8.79.